The summed E-state index contributed by atoms with van der Waals surface area (Å²) in [5.74, 6) is 1.64. The number of hydrogen-bond acceptors (Lipinski definition) is 6. The number of nitrogens with zero attached hydrogens (tertiary/aromatic N) is 4. The molecular formula is C25H25N5O2. The van der Waals surface area contributed by atoms with Crippen LogP contribution in [0.2, 0.25) is 0 Å². The molecule has 4 aromatic rings. The van der Waals surface area contributed by atoms with Crippen molar-refractivity contribution >= 4 is 21.9 Å². The minimum absolute atomic E-state index is 0.384. The molecule has 0 bridgehead atoms. The van der Waals surface area contributed by atoms with Crippen LogP contribution < -0.4 is 9.47 Å². The molecule has 32 heavy (non-hydrogen) atoms. The van der Waals surface area contributed by atoms with Crippen molar-refractivity contribution in [2.75, 3.05) is 27.3 Å². The molecule has 5 rings (SSSR count). The van der Waals surface area contributed by atoms with Gasteiger partial charge in [0.15, 0.2) is 0 Å². The first kappa shape index (κ1) is 20.3. The van der Waals surface area contributed by atoms with E-state index in [0.717, 1.165) is 69.8 Å². The van der Waals surface area contributed by atoms with Crippen molar-refractivity contribution in [1.29, 1.82) is 5.26 Å². The minimum atomic E-state index is 0.384. The number of likely N-dealkylation sites (tertiary alicyclic amines) is 1. The molecule has 1 aliphatic heterocycles. The fourth-order valence-electron chi connectivity index (χ4n) is 4.54. The minimum Gasteiger partial charge on any atom is -0.496 e. The van der Waals surface area contributed by atoms with Crippen LogP contribution in [0.1, 0.15) is 30.5 Å². The van der Waals surface area contributed by atoms with Crippen LogP contribution in [0, 0.1) is 11.3 Å². The van der Waals surface area contributed by atoms with Crippen molar-refractivity contribution in [2.45, 2.75) is 25.8 Å². The number of piperidine rings is 1. The van der Waals surface area contributed by atoms with Crippen molar-refractivity contribution in [1.82, 2.24) is 19.9 Å². The van der Waals surface area contributed by atoms with Gasteiger partial charge in [0.2, 0.25) is 0 Å². The molecule has 0 atom stereocenters. The average Bonchev–Trinajstić information content (AvgIpc) is 3.21. The van der Waals surface area contributed by atoms with E-state index in [0.29, 0.717) is 5.69 Å². The van der Waals surface area contributed by atoms with Crippen LogP contribution in [0.3, 0.4) is 0 Å². The van der Waals surface area contributed by atoms with Gasteiger partial charge in [-0.15, -0.1) is 0 Å². The van der Waals surface area contributed by atoms with E-state index in [1.54, 1.807) is 26.5 Å². The van der Waals surface area contributed by atoms with E-state index in [1.807, 2.05) is 6.20 Å². The third-order valence-electron chi connectivity index (χ3n) is 6.22. The van der Waals surface area contributed by atoms with E-state index in [2.05, 4.69) is 44.1 Å². The number of nitriles is 1. The van der Waals surface area contributed by atoms with Gasteiger partial charge in [-0.2, -0.15) is 5.26 Å². The molecule has 1 N–H and O–H groups in total. The molecule has 1 saturated heterocycles. The third-order valence-corrected chi connectivity index (χ3v) is 6.22. The average molecular weight is 428 g/mol. The SMILES string of the molecule is COc1cc(-c2cnc3[nH]c4cnc(C#N)cc4c3c2)cc(OC)c1CN1CCCCC1. The first-order valence-corrected chi connectivity index (χ1v) is 10.9. The van der Waals surface area contributed by atoms with Gasteiger partial charge < -0.3 is 14.5 Å². The van der Waals surface area contributed by atoms with Gasteiger partial charge in [-0.25, -0.2) is 9.97 Å². The summed E-state index contributed by atoms with van der Waals surface area (Å²) in [6.45, 7) is 3.03. The number of pyridine rings is 2. The lowest BCUT2D eigenvalue weighted by Gasteiger charge is -2.28. The van der Waals surface area contributed by atoms with Crippen molar-refractivity contribution < 1.29 is 9.47 Å². The Morgan fingerprint density at radius 3 is 2.38 bits per heavy atom. The highest BCUT2D eigenvalue weighted by molar-refractivity contribution is 6.07. The molecule has 0 radical (unpaired) electrons. The number of H-pyrrole nitrogens is 1. The number of aromatic amines is 1. The van der Waals surface area contributed by atoms with Crippen molar-refractivity contribution in [3.05, 3.63) is 47.9 Å². The highest BCUT2D eigenvalue weighted by Gasteiger charge is 2.19. The number of fused-ring (bicyclic) bond motifs is 3. The molecule has 0 unspecified atom stereocenters. The smallest absolute Gasteiger partial charge is 0.141 e. The summed E-state index contributed by atoms with van der Waals surface area (Å²) >= 11 is 0. The number of hydrogen-bond donors (Lipinski definition) is 1. The molecule has 0 amide bonds. The monoisotopic (exact) mass is 427 g/mol. The Morgan fingerprint density at radius 2 is 1.69 bits per heavy atom. The van der Waals surface area contributed by atoms with Gasteiger partial charge in [0.05, 0.1) is 31.5 Å². The van der Waals surface area contributed by atoms with E-state index in [-0.39, 0.29) is 0 Å². The van der Waals surface area contributed by atoms with Crippen LogP contribution in [0.25, 0.3) is 33.1 Å². The van der Waals surface area contributed by atoms with Gasteiger partial charge >= 0.3 is 0 Å². The standard InChI is InChI=1S/C25H25N5O2/c1-31-23-9-16(10-24(32-2)21(23)15-30-6-4-3-5-7-30)17-8-20-19-11-18(12-26)27-14-22(19)29-25(20)28-13-17/h8-11,13-14H,3-7,15H2,1-2H3,(H,28,29). The zero-order valence-electron chi connectivity index (χ0n) is 18.3. The van der Waals surface area contributed by atoms with Gasteiger partial charge in [-0.05, 0) is 55.8 Å². The molecule has 1 aliphatic rings. The fourth-order valence-corrected chi connectivity index (χ4v) is 4.54. The van der Waals surface area contributed by atoms with Crippen molar-refractivity contribution in [3.63, 3.8) is 0 Å². The summed E-state index contributed by atoms with van der Waals surface area (Å²) < 4.78 is 11.6. The molecule has 7 heteroatoms. The summed E-state index contributed by atoms with van der Waals surface area (Å²) in [5, 5.41) is 11.1. The molecule has 162 valence electrons. The first-order valence-electron chi connectivity index (χ1n) is 10.9. The molecule has 7 nitrogen and oxygen atoms in total. The number of methoxy groups -OCH3 is 2. The topological polar surface area (TPSA) is 87.1 Å². The number of rotatable bonds is 5. The third kappa shape index (κ3) is 3.63. The highest BCUT2D eigenvalue weighted by atomic mass is 16.5. The predicted octanol–water partition coefficient (Wildman–Crippen LogP) is 4.65. The van der Waals surface area contributed by atoms with E-state index in [9.17, 15) is 5.26 Å². The second-order valence-electron chi connectivity index (χ2n) is 8.17. The number of aromatic nitrogens is 3. The number of ether oxygens (including phenoxy) is 2. The van der Waals surface area contributed by atoms with Gasteiger partial charge in [0.25, 0.3) is 0 Å². The van der Waals surface area contributed by atoms with Crippen LogP contribution in [0.15, 0.2) is 36.7 Å². The lowest BCUT2D eigenvalue weighted by atomic mass is 10.0. The molecule has 4 heterocycles. The highest BCUT2D eigenvalue weighted by Crippen LogP contribution is 2.37. The molecule has 3 aromatic heterocycles. The fraction of sp³-hybridized carbons (Fsp3) is 0.320. The maximum atomic E-state index is 9.23. The molecule has 1 fully saturated rings. The Morgan fingerprint density at radius 1 is 0.938 bits per heavy atom. The predicted molar refractivity (Wildman–Crippen MR) is 124 cm³/mol. The van der Waals surface area contributed by atoms with E-state index in [1.165, 1.54) is 19.3 Å². The van der Waals surface area contributed by atoms with E-state index in [4.69, 9.17) is 9.47 Å². The van der Waals surface area contributed by atoms with Crippen LogP contribution in [-0.4, -0.2) is 47.2 Å². The molecule has 0 spiro atoms. The van der Waals surface area contributed by atoms with Crippen LogP contribution in [0.4, 0.5) is 0 Å². The Bertz CT molecular complexity index is 1310. The molecular weight excluding hydrogens is 402 g/mol. The Hall–Kier alpha value is -3.63. The Balaban J connectivity index is 1.59. The molecule has 1 aromatic carbocycles. The zero-order valence-corrected chi connectivity index (χ0v) is 18.3. The quantitative estimate of drug-likeness (QED) is 0.499. The summed E-state index contributed by atoms with van der Waals surface area (Å²) in [4.78, 5) is 14.5. The summed E-state index contributed by atoms with van der Waals surface area (Å²) in [6, 6.07) is 10.1. The largest absolute Gasteiger partial charge is 0.496 e. The Kier molecular flexibility index (Phi) is 5.38. The second kappa shape index (κ2) is 8.48. The van der Waals surface area contributed by atoms with E-state index >= 15 is 0 Å². The maximum Gasteiger partial charge on any atom is 0.141 e. The number of benzene rings is 1. The maximum absolute atomic E-state index is 9.23. The summed E-state index contributed by atoms with van der Waals surface area (Å²) in [7, 11) is 3.41. The zero-order chi connectivity index (χ0) is 22.1. The summed E-state index contributed by atoms with van der Waals surface area (Å²) in [5.41, 5.74) is 5.01. The summed E-state index contributed by atoms with van der Waals surface area (Å²) in [6.07, 6.45) is 7.30. The molecule has 0 aliphatic carbocycles. The van der Waals surface area contributed by atoms with Gasteiger partial charge in [-0.3, -0.25) is 4.90 Å². The van der Waals surface area contributed by atoms with Crippen molar-refractivity contribution in [2.24, 2.45) is 0 Å². The van der Waals surface area contributed by atoms with Crippen molar-refractivity contribution in [3.8, 4) is 28.7 Å². The van der Waals surface area contributed by atoms with Crippen LogP contribution >= 0.6 is 0 Å². The second-order valence-corrected chi connectivity index (χ2v) is 8.17. The lowest BCUT2D eigenvalue weighted by Crippen LogP contribution is -2.29. The first-order chi connectivity index (χ1) is 15.7. The van der Waals surface area contributed by atoms with E-state index < -0.39 is 0 Å². The van der Waals surface area contributed by atoms with Crippen LogP contribution in [-0.2, 0) is 6.54 Å². The number of nitrogens with one attached hydrogen (secondary N) is 1. The molecule has 0 saturated carbocycles. The van der Waals surface area contributed by atoms with Gasteiger partial charge in [-0.1, -0.05) is 6.42 Å². The Labute approximate surface area is 186 Å². The normalized spacial score (nSPS) is 14.5. The van der Waals surface area contributed by atoms with Gasteiger partial charge in [0, 0.05) is 29.1 Å². The van der Waals surface area contributed by atoms with Crippen LogP contribution in [0.5, 0.6) is 11.5 Å². The lowest BCUT2D eigenvalue weighted by molar-refractivity contribution is 0.215. The van der Waals surface area contributed by atoms with Gasteiger partial charge in [0.1, 0.15) is 28.9 Å².